The van der Waals surface area contributed by atoms with Gasteiger partial charge in [-0.25, -0.2) is 4.79 Å². The summed E-state index contributed by atoms with van der Waals surface area (Å²) in [6, 6.07) is 4.32. The number of carbonyl (C=O) groups is 4. The quantitative estimate of drug-likeness (QED) is 0.544. The van der Waals surface area contributed by atoms with Gasteiger partial charge >= 0.3 is 6.03 Å². The smallest absolute Gasteiger partial charge is 0.325 e. The van der Waals surface area contributed by atoms with Gasteiger partial charge < -0.3 is 25.4 Å². The van der Waals surface area contributed by atoms with Crippen LogP contribution < -0.4 is 25.4 Å². The molecule has 0 radical (unpaired) electrons. The zero-order valence-electron chi connectivity index (χ0n) is 16.4. The molecule has 1 saturated heterocycles. The molecule has 2 heterocycles. The standard InChI is InChI=1S/C19H24N4O6/c1-3-6-20-15(24)10-21-16(25)11-23-17(26)19(2,22-18(23)27)12-4-5-13-14(9-12)29-8-7-28-13/h4-5,9H,3,6-8,10-11H2,1-2H3,(H,20,24)(H,21,25)(H,22,27)/t19-/m1/s1. The zero-order valence-corrected chi connectivity index (χ0v) is 16.4. The van der Waals surface area contributed by atoms with Crippen molar-refractivity contribution in [1.29, 1.82) is 0 Å². The van der Waals surface area contributed by atoms with E-state index in [1.54, 1.807) is 25.1 Å². The molecule has 1 aromatic carbocycles. The minimum Gasteiger partial charge on any atom is -0.486 e. The lowest BCUT2D eigenvalue weighted by atomic mass is 9.91. The molecule has 1 fully saturated rings. The van der Waals surface area contributed by atoms with E-state index in [2.05, 4.69) is 16.0 Å². The molecule has 1 aromatic rings. The van der Waals surface area contributed by atoms with Crippen LogP contribution in [0.3, 0.4) is 0 Å². The molecule has 3 N–H and O–H groups in total. The van der Waals surface area contributed by atoms with Crippen LogP contribution >= 0.6 is 0 Å². The summed E-state index contributed by atoms with van der Waals surface area (Å²) >= 11 is 0. The van der Waals surface area contributed by atoms with Crippen LogP contribution in [0.25, 0.3) is 0 Å². The van der Waals surface area contributed by atoms with E-state index >= 15 is 0 Å². The summed E-state index contributed by atoms with van der Waals surface area (Å²) in [5.74, 6) is -0.445. The van der Waals surface area contributed by atoms with Crippen molar-refractivity contribution in [2.24, 2.45) is 0 Å². The van der Waals surface area contributed by atoms with Crippen molar-refractivity contribution in [2.45, 2.75) is 25.8 Å². The largest absolute Gasteiger partial charge is 0.486 e. The lowest BCUT2D eigenvalue weighted by Crippen LogP contribution is -2.45. The van der Waals surface area contributed by atoms with E-state index in [0.29, 0.717) is 36.8 Å². The third-order valence-corrected chi connectivity index (χ3v) is 4.71. The lowest BCUT2D eigenvalue weighted by molar-refractivity contribution is -0.135. The summed E-state index contributed by atoms with van der Waals surface area (Å²) in [5, 5.41) is 7.66. The second-order valence-corrected chi connectivity index (χ2v) is 6.93. The van der Waals surface area contributed by atoms with Gasteiger partial charge in [0.05, 0.1) is 6.54 Å². The molecule has 0 bridgehead atoms. The maximum atomic E-state index is 12.9. The highest BCUT2D eigenvalue weighted by molar-refractivity contribution is 6.09. The number of ether oxygens (including phenoxy) is 2. The fourth-order valence-corrected chi connectivity index (χ4v) is 3.10. The van der Waals surface area contributed by atoms with Gasteiger partial charge in [-0.05, 0) is 31.0 Å². The van der Waals surface area contributed by atoms with E-state index in [4.69, 9.17) is 9.47 Å². The molecule has 156 valence electrons. The Hall–Kier alpha value is -3.30. The van der Waals surface area contributed by atoms with Crippen LogP contribution in [-0.4, -0.2) is 61.5 Å². The number of carbonyl (C=O) groups excluding carboxylic acids is 4. The van der Waals surface area contributed by atoms with Crippen molar-refractivity contribution in [3.63, 3.8) is 0 Å². The third-order valence-electron chi connectivity index (χ3n) is 4.71. The molecule has 10 nitrogen and oxygen atoms in total. The number of nitrogens with zero attached hydrogens (tertiary/aromatic N) is 1. The summed E-state index contributed by atoms with van der Waals surface area (Å²) in [6.45, 7) is 4.12. The van der Waals surface area contributed by atoms with Gasteiger partial charge in [-0.2, -0.15) is 0 Å². The van der Waals surface area contributed by atoms with Crippen molar-refractivity contribution in [2.75, 3.05) is 32.8 Å². The van der Waals surface area contributed by atoms with Crippen LogP contribution in [0.1, 0.15) is 25.8 Å². The van der Waals surface area contributed by atoms with Crippen molar-refractivity contribution in [3.8, 4) is 11.5 Å². The first-order valence-corrected chi connectivity index (χ1v) is 9.42. The molecule has 1 atom stereocenters. The van der Waals surface area contributed by atoms with Gasteiger partial charge in [0.2, 0.25) is 11.8 Å². The maximum absolute atomic E-state index is 12.9. The van der Waals surface area contributed by atoms with Gasteiger partial charge in [0.1, 0.15) is 25.3 Å². The Kier molecular flexibility index (Phi) is 5.90. The van der Waals surface area contributed by atoms with Gasteiger partial charge in [-0.1, -0.05) is 13.0 Å². The van der Waals surface area contributed by atoms with E-state index in [-0.39, 0.29) is 12.5 Å². The summed E-state index contributed by atoms with van der Waals surface area (Å²) in [5.41, 5.74) is -0.826. The monoisotopic (exact) mass is 404 g/mol. The van der Waals surface area contributed by atoms with Gasteiger partial charge in [-0.3, -0.25) is 19.3 Å². The van der Waals surface area contributed by atoms with E-state index in [0.717, 1.165) is 11.3 Å². The Morgan fingerprint density at radius 2 is 1.86 bits per heavy atom. The molecule has 0 aromatic heterocycles. The summed E-state index contributed by atoms with van der Waals surface area (Å²) in [4.78, 5) is 49.8. The summed E-state index contributed by atoms with van der Waals surface area (Å²) in [6.07, 6.45) is 0.778. The van der Waals surface area contributed by atoms with Gasteiger partial charge in [0, 0.05) is 6.54 Å². The van der Waals surface area contributed by atoms with Crippen molar-refractivity contribution in [3.05, 3.63) is 23.8 Å². The zero-order chi connectivity index (χ0) is 21.0. The minimum atomic E-state index is -1.34. The number of hydrogen-bond acceptors (Lipinski definition) is 6. The molecule has 3 rings (SSSR count). The van der Waals surface area contributed by atoms with Gasteiger partial charge in [-0.15, -0.1) is 0 Å². The highest BCUT2D eigenvalue weighted by Gasteiger charge is 2.49. The number of fused-ring (bicyclic) bond motifs is 1. The van der Waals surface area contributed by atoms with Crippen LogP contribution in [0.15, 0.2) is 18.2 Å². The average molecular weight is 404 g/mol. The summed E-state index contributed by atoms with van der Waals surface area (Å²) in [7, 11) is 0. The van der Waals surface area contributed by atoms with Crippen molar-refractivity contribution in [1.82, 2.24) is 20.9 Å². The molecule has 2 aliphatic rings. The summed E-state index contributed by atoms with van der Waals surface area (Å²) < 4.78 is 11.0. The normalized spacial score (nSPS) is 20.3. The number of amides is 5. The molecule has 2 aliphatic heterocycles. The number of hydrogen-bond donors (Lipinski definition) is 3. The molecule has 0 unspecified atom stereocenters. The van der Waals surface area contributed by atoms with Crippen LogP contribution in [0.5, 0.6) is 11.5 Å². The lowest BCUT2D eigenvalue weighted by Gasteiger charge is -2.25. The van der Waals surface area contributed by atoms with E-state index in [9.17, 15) is 19.2 Å². The molecule has 0 spiro atoms. The Balaban J connectivity index is 1.66. The van der Waals surface area contributed by atoms with Gasteiger partial charge in [0.15, 0.2) is 11.5 Å². The number of urea groups is 1. The molecule has 5 amide bonds. The molecule has 29 heavy (non-hydrogen) atoms. The maximum Gasteiger partial charge on any atom is 0.325 e. The predicted molar refractivity (Wildman–Crippen MR) is 101 cm³/mol. The Morgan fingerprint density at radius 1 is 1.14 bits per heavy atom. The van der Waals surface area contributed by atoms with E-state index in [1.807, 2.05) is 6.92 Å². The first kappa shape index (κ1) is 20.4. The Bertz CT molecular complexity index is 842. The van der Waals surface area contributed by atoms with E-state index < -0.39 is 29.9 Å². The minimum absolute atomic E-state index is 0.220. The van der Waals surface area contributed by atoms with Crippen LogP contribution in [0, 0.1) is 0 Å². The van der Waals surface area contributed by atoms with Crippen molar-refractivity contribution < 1.29 is 28.7 Å². The number of rotatable bonds is 7. The Morgan fingerprint density at radius 3 is 2.59 bits per heavy atom. The van der Waals surface area contributed by atoms with Crippen molar-refractivity contribution >= 4 is 23.8 Å². The van der Waals surface area contributed by atoms with Crippen LogP contribution in [0.2, 0.25) is 0 Å². The first-order valence-electron chi connectivity index (χ1n) is 9.42. The van der Waals surface area contributed by atoms with Gasteiger partial charge in [0.25, 0.3) is 5.91 Å². The molecule has 10 heteroatoms. The second kappa shape index (κ2) is 8.38. The van der Waals surface area contributed by atoms with Crippen LogP contribution in [0.4, 0.5) is 4.79 Å². The first-order chi connectivity index (χ1) is 13.8. The highest BCUT2D eigenvalue weighted by atomic mass is 16.6. The Labute approximate surface area is 167 Å². The fourth-order valence-electron chi connectivity index (χ4n) is 3.10. The number of imide groups is 1. The van der Waals surface area contributed by atoms with E-state index in [1.165, 1.54) is 0 Å². The number of benzene rings is 1. The second-order valence-electron chi connectivity index (χ2n) is 6.93. The van der Waals surface area contributed by atoms with Crippen LogP contribution in [-0.2, 0) is 19.9 Å². The molecular formula is C19H24N4O6. The molecule has 0 saturated carbocycles. The fraction of sp³-hybridized carbons (Fsp3) is 0.474. The average Bonchev–Trinajstić information content (AvgIpc) is 2.94. The highest BCUT2D eigenvalue weighted by Crippen LogP contribution is 2.36. The SMILES string of the molecule is CCCNC(=O)CNC(=O)CN1C(=O)N[C@](C)(c2ccc3c(c2)OCCO3)C1=O. The topological polar surface area (TPSA) is 126 Å². The predicted octanol–water partition coefficient (Wildman–Crippen LogP) is -0.133. The number of nitrogens with one attached hydrogen (secondary N) is 3. The molecular weight excluding hydrogens is 380 g/mol. The molecule has 0 aliphatic carbocycles. The third kappa shape index (κ3) is 4.25.